The molecule has 0 atom stereocenters. The molecule has 0 aliphatic heterocycles. The largest absolute Gasteiger partial charge is 0.497 e. The molecule has 0 radical (unpaired) electrons. The summed E-state index contributed by atoms with van der Waals surface area (Å²) in [5, 5.41) is 11.8. The van der Waals surface area contributed by atoms with Crippen LogP contribution >= 0.6 is 0 Å². The van der Waals surface area contributed by atoms with E-state index in [-0.39, 0.29) is 11.3 Å². The topological polar surface area (TPSA) is 88.8 Å². The smallest absolute Gasteiger partial charge is 0.339 e. The fraction of sp³-hybridized carbons (Fsp3) is 0.294. The number of aryl methyl sites for hydroxylation is 2. The Balaban J connectivity index is 2.11. The number of rotatable bonds is 6. The van der Waals surface area contributed by atoms with E-state index in [1.165, 1.54) is 6.07 Å². The summed E-state index contributed by atoms with van der Waals surface area (Å²) in [6.45, 7) is 4.00. The molecule has 1 heterocycles. The zero-order valence-corrected chi connectivity index (χ0v) is 13.3. The molecule has 6 nitrogen and oxygen atoms in total. The molecule has 2 N–H and O–H groups in total. The Morgan fingerprint density at radius 2 is 2.00 bits per heavy atom. The highest BCUT2D eigenvalue weighted by Crippen LogP contribution is 2.18. The molecule has 0 aliphatic rings. The first-order chi connectivity index (χ1) is 10.9. The van der Waals surface area contributed by atoms with Gasteiger partial charge in [-0.25, -0.2) is 4.79 Å². The fourth-order valence-corrected chi connectivity index (χ4v) is 2.30. The van der Waals surface area contributed by atoms with Crippen LogP contribution in [0, 0.1) is 6.92 Å². The number of carboxylic acid groups (broad SMARTS) is 1. The molecule has 0 aliphatic carbocycles. The minimum Gasteiger partial charge on any atom is -0.497 e. The van der Waals surface area contributed by atoms with E-state index in [0.717, 1.165) is 11.1 Å². The number of furan rings is 1. The van der Waals surface area contributed by atoms with Crippen molar-refractivity contribution in [2.24, 2.45) is 0 Å². The molecule has 0 spiro atoms. The van der Waals surface area contributed by atoms with Crippen LogP contribution in [0.15, 0.2) is 28.7 Å². The van der Waals surface area contributed by atoms with Gasteiger partial charge in [0.15, 0.2) is 5.76 Å². The number of methoxy groups -OCH3 is 1. The molecule has 0 unspecified atom stereocenters. The van der Waals surface area contributed by atoms with Crippen LogP contribution < -0.4 is 10.1 Å². The van der Waals surface area contributed by atoms with E-state index < -0.39 is 11.9 Å². The maximum Gasteiger partial charge on any atom is 0.339 e. The molecular formula is C17H19NO5. The molecule has 1 aromatic carbocycles. The highest BCUT2D eigenvalue weighted by molar-refractivity contribution is 5.96. The predicted molar refractivity (Wildman–Crippen MR) is 83.9 cm³/mol. The summed E-state index contributed by atoms with van der Waals surface area (Å²) >= 11 is 0. The third-order valence-corrected chi connectivity index (χ3v) is 3.38. The monoisotopic (exact) mass is 317 g/mol. The highest BCUT2D eigenvalue weighted by Gasteiger charge is 2.19. The quantitative estimate of drug-likeness (QED) is 0.855. The molecule has 1 aromatic heterocycles. The Hall–Kier alpha value is -2.76. The minimum absolute atomic E-state index is 0.00105. The zero-order valence-electron chi connectivity index (χ0n) is 13.3. The SMILES string of the molecule is CCc1oc(C(=O)NCc2cc(C)cc(OC)c2)cc1C(=O)O. The number of hydrogen-bond acceptors (Lipinski definition) is 4. The van der Waals surface area contributed by atoms with Crippen molar-refractivity contribution in [3.05, 3.63) is 52.5 Å². The van der Waals surface area contributed by atoms with Gasteiger partial charge in [0.1, 0.15) is 17.1 Å². The van der Waals surface area contributed by atoms with E-state index in [4.69, 9.17) is 14.3 Å². The molecular weight excluding hydrogens is 298 g/mol. The van der Waals surface area contributed by atoms with Crippen LogP contribution in [0.2, 0.25) is 0 Å². The van der Waals surface area contributed by atoms with Crippen molar-refractivity contribution >= 4 is 11.9 Å². The number of hydrogen-bond donors (Lipinski definition) is 2. The molecule has 0 fully saturated rings. The van der Waals surface area contributed by atoms with Crippen molar-refractivity contribution in [3.8, 4) is 5.75 Å². The third-order valence-electron chi connectivity index (χ3n) is 3.38. The van der Waals surface area contributed by atoms with Gasteiger partial charge in [0, 0.05) is 19.0 Å². The Labute approximate surface area is 134 Å². The summed E-state index contributed by atoms with van der Waals surface area (Å²) in [6, 6.07) is 6.92. The molecule has 0 saturated heterocycles. The van der Waals surface area contributed by atoms with E-state index in [2.05, 4.69) is 5.32 Å². The van der Waals surface area contributed by atoms with Crippen LogP contribution in [0.4, 0.5) is 0 Å². The Morgan fingerprint density at radius 1 is 1.26 bits per heavy atom. The summed E-state index contributed by atoms with van der Waals surface area (Å²) in [5.74, 6) is -0.548. The number of ether oxygens (including phenoxy) is 1. The van der Waals surface area contributed by atoms with E-state index >= 15 is 0 Å². The fourth-order valence-electron chi connectivity index (χ4n) is 2.30. The summed E-state index contributed by atoms with van der Waals surface area (Å²) in [4.78, 5) is 23.2. The van der Waals surface area contributed by atoms with Crippen molar-refractivity contribution in [2.75, 3.05) is 7.11 Å². The zero-order chi connectivity index (χ0) is 17.0. The van der Waals surface area contributed by atoms with Crippen LogP contribution in [0.3, 0.4) is 0 Å². The van der Waals surface area contributed by atoms with Crippen molar-refractivity contribution < 1.29 is 23.8 Å². The van der Waals surface area contributed by atoms with Crippen molar-refractivity contribution in [1.82, 2.24) is 5.32 Å². The van der Waals surface area contributed by atoms with Crippen LogP contribution in [0.25, 0.3) is 0 Å². The molecule has 0 bridgehead atoms. The molecule has 1 amide bonds. The second kappa shape index (κ2) is 7.00. The van der Waals surface area contributed by atoms with E-state index in [9.17, 15) is 9.59 Å². The summed E-state index contributed by atoms with van der Waals surface area (Å²) < 4.78 is 10.5. The van der Waals surface area contributed by atoms with Gasteiger partial charge >= 0.3 is 5.97 Å². The summed E-state index contributed by atoms with van der Waals surface area (Å²) in [6.07, 6.45) is 0.407. The standard InChI is InChI=1S/C17H19NO5/c1-4-14-13(17(20)21)8-15(23-14)16(19)18-9-11-5-10(2)6-12(7-11)22-3/h5-8H,4,9H2,1-3H3,(H,18,19)(H,20,21). The Bertz CT molecular complexity index is 733. The minimum atomic E-state index is -1.10. The summed E-state index contributed by atoms with van der Waals surface area (Å²) in [7, 11) is 1.58. The summed E-state index contributed by atoms with van der Waals surface area (Å²) in [5.41, 5.74) is 1.93. The van der Waals surface area contributed by atoms with Crippen molar-refractivity contribution in [1.29, 1.82) is 0 Å². The first-order valence-electron chi connectivity index (χ1n) is 7.23. The van der Waals surface area contributed by atoms with Gasteiger partial charge in [-0.05, 0) is 30.2 Å². The number of nitrogens with one attached hydrogen (secondary N) is 1. The predicted octanol–water partition coefficient (Wildman–Crippen LogP) is 2.79. The van der Waals surface area contributed by atoms with E-state index in [1.807, 2.05) is 25.1 Å². The first-order valence-corrected chi connectivity index (χ1v) is 7.23. The van der Waals surface area contributed by atoms with Crippen molar-refractivity contribution in [3.63, 3.8) is 0 Å². The van der Waals surface area contributed by atoms with Crippen LogP contribution in [-0.4, -0.2) is 24.1 Å². The number of carbonyl (C=O) groups is 2. The number of carbonyl (C=O) groups excluding carboxylic acids is 1. The lowest BCUT2D eigenvalue weighted by atomic mass is 10.1. The lowest BCUT2D eigenvalue weighted by Gasteiger charge is -2.07. The molecule has 0 saturated carbocycles. The Morgan fingerprint density at radius 3 is 2.57 bits per heavy atom. The average Bonchev–Trinajstić information content (AvgIpc) is 2.96. The van der Waals surface area contributed by atoms with Gasteiger partial charge in [-0.1, -0.05) is 13.0 Å². The second-order valence-electron chi connectivity index (χ2n) is 5.15. The Kier molecular flexibility index (Phi) is 5.05. The maximum atomic E-state index is 12.1. The van der Waals surface area contributed by atoms with Gasteiger partial charge in [0.05, 0.1) is 7.11 Å². The number of aromatic carboxylic acids is 1. The molecule has 2 aromatic rings. The lowest BCUT2D eigenvalue weighted by molar-refractivity contribution is 0.0694. The van der Waals surface area contributed by atoms with Gasteiger partial charge in [-0.3, -0.25) is 4.79 Å². The van der Waals surface area contributed by atoms with Crippen molar-refractivity contribution in [2.45, 2.75) is 26.8 Å². The van der Waals surface area contributed by atoms with Crippen LogP contribution in [0.5, 0.6) is 5.75 Å². The average molecular weight is 317 g/mol. The number of carboxylic acids is 1. The lowest BCUT2D eigenvalue weighted by Crippen LogP contribution is -2.22. The second-order valence-corrected chi connectivity index (χ2v) is 5.15. The normalized spacial score (nSPS) is 10.4. The highest BCUT2D eigenvalue weighted by atomic mass is 16.5. The number of benzene rings is 1. The van der Waals surface area contributed by atoms with Gasteiger partial charge < -0.3 is 19.6 Å². The van der Waals surface area contributed by atoms with Gasteiger partial charge in [-0.2, -0.15) is 0 Å². The van der Waals surface area contributed by atoms with E-state index in [1.54, 1.807) is 14.0 Å². The first kappa shape index (κ1) is 16.6. The van der Waals surface area contributed by atoms with Gasteiger partial charge in [0.25, 0.3) is 5.91 Å². The maximum absolute atomic E-state index is 12.1. The van der Waals surface area contributed by atoms with Gasteiger partial charge in [-0.15, -0.1) is 0 Å². The number of amides is 1. The molecule has 122 valence electrons. The molecule has 6 heteroatoms. The third kappa shape index (κ3) is 3.91. The van der Waals surface area contributed by atoms with Crippen LogP contribution in [0.1, 0.15) is 44.7 Å². The molecule has 23 heavy (non-hydrogen) atoms. The molecule has 2 rings (SSSR count). The van der Waals surface area contributed by atoms with E-state index in [0.29, 0.717) is 24.5 Å². The van der Waals surface area contributed by atoms with Gasteiger partial charge in [0.2, 0.25) is 0 Å². The van der Waals surface area contributed by atoms with Crippen LogP contribution in [-0.2, 0) is 13.0 Å².